The van der Waals surface area contributed by atoms with Crippen LogP contribution in [-0.4, -0.2) is 35.7 Å². The number of aryl methyl sites for hydroxylation is 1. The van der Waals surface area contributed by atoms with Crippen molar-refractivity contribution in [3.63, 3.8) is 0 Å². The van der Waals surface area contributed by atoms with Crippen molar-refractivity contribution in [2.24, 2.45) is 0 Å². The lowest BCUT2D eigenvalue weighted by Crippen LogP contribution is -2.32. The Labute approximate surface area is 140 Å². The Kier molecular flexibility index (Phi) is 7.09. The number of carbonyl (C=O) groups is 1. The van der Waals surface area contributed by atoms with E-state index in [0.717, 1.165) is 24.4 Å². The van der Waals surface area contributed by atoms with Crippen molar-refractivity contribution in [1.29, 1.82) is 0 Å². The zero-order valence-electron chi connectivity index (χ0n) is 13.5. The van der Waals surface area contributed by atoms with Gasteiger partial charge in [0, 0.05) is 18.0 Å². The minimum absolute atomic E-state index is 0.0619. The molecule has 2 aromatic rings. The van der Waals surface area contributed by atoms with Crippen LogP contribution >= 0.6 is 11.8 Å². The number of benzene rings is 1. The maximum atomic E-state index is 12.3. The van der Waals surface area contributed by atoms with E-state index >= 15 is 0 Å². The van der Waals surface area contributed by atoms with Crippen molar-refractivity contribution >= 4 is 17.7 Å². The van der Waals surface area contributed by atoms with Crippen molar-refractivity contribution in [3.05, 3.63) is 41.5 Å². The van der Waals surface area contributed by atoms with Crippen LogP contribution in [-0.2, 0) is 5.75 Å². The van der Waals surface area contributed by atoms with Gasteiger partial charge < -0.3 is 15.2 Å². The fraction of sp³-hybridized carbons (Fsp3) is 0.438. The smallest absolute Gasteiger partial charge is 0.252 e. The Bertz CT molecular complexity index is 630. The molecule has 1 heterocycles. The van der Waals surface area contributed by atoms with Crippen molar-refractivity contribution in [1.82, 2.24) is 20.8 Å². The van der Waals surface area contributed by atoms with E-state index in [2.05, 4.69) is 27.7 Å². The van der Waals surface area contributed by atoms with Crippen LogP contribution in [0.4, 0.5) is 0 Å². The molecule has 1 aromatic heterocycles. The third kappa shape index (κ3) is 5.69. The second kappa shape index (κ2) is 9.32. The zero-order valence-corrected chi connectivity index (χ0v) is 14.3. The molecule has 0 spiro atoms. The second-order valence-electron chi connectivity index (χ2n) is 5.03. The van der Waals surface area contributed by atoms with Crippen LogP contribution in [0, 0.1) is 6.92 Å². The SMILES string of the molecule is CCCNCCNC(=O)c1ccccc1SCc1nc(C)no1. The summed E-state index contributed by atoms with van der Waals surface area (Å²) in [5, 5.41) is 9.96. The van der Waals surface area contributed by atoms with Gasteiger partial charge >= 0.3 is 0 Å². The van der Waals surface area contributed by atoms with Crippen LogP contribution < -0.4 is 10.6 Å². The van der Waals surface area contributed by atoms with Gasteiger partial charge in [0.25, 0.3) is 5.91 Å². The molecule has 6 nitrogen and oxygen atoms in total. The molecule has 0 aliphatic rings. The molecule has 0 saturated heterocycles. The van der Waals surface area contributed by atoms with Crippen LogP contribution in [0.3, 0.4) is 0 Å². The highest BCUT2D eigenvalue weighted by molar-refractivity contribution is 7.98. The van der Waals surface area contributed by atoms with Crippen molar-refractivity contribution in [3.8, 4) is 0 Å². The van der Waals surface area contributed by atoms with Crippen molar-refractivity contribution < 1.29 is 9.32 Å². The fourth-order valence-electron chi connectivity index (χ4n) is 1.98. The van der Waals surface area contributed by atoms with Crippen molar-refractivity contribution in [2.45, 2.75) is 30.9 Å². The molecule has 0 fully saturated rings. The lowest BCUT2D eigenvalue weighted by molar-refractivity contribution is 0.0951. The second-order valence-corrected chi connectivity index (χ2v) is 6.04. The number of amides is 1. The molecule has 0 bridgehead atoms. The van der Waals surface area contributed by atoms with Gasteiger partial charge in [0.05, 0.1) is 11.3 Å². The Morgan fingerprint density at radius 1 is 1.26 bits per heavy atom. The molecule has 0 atom stereocenters. The number of hydrogen-bond donors (Lipinski definition) is 2. The summed E-state index contributed by atoms with van der Waals surface area (Å²) in [5.74, 6) is 1.66. The third-order valence-electron chi connectivity index (χ3n) is 3.07. The summed E-state index contributed by atoms with van der Waals surface area (Å²) < 4.78 is 5.10. The van der Waals surface area contributed by atoms with Gasteiger partial charge in [0.1, 0.15) is 0 Å². The molecule has 0 radical (unpaired) electrons. The first kappa shape index (κ1) is 17.5. The van der Waals surface area contributed by atoms with Crippen LogP contribution in [0.1, 0.15) is 35.4 Å². The van der Waals surface area contributed by atoms with E-state index in [1.807, 2.05) is 24.3 Å². The summed E-state index contributed by atoms with van der Waals surface area (Å²) in [5.41, 5.74) is 0.671. The Hall–Kier alpha value is -1.86. The molecule has 1 amide bonds. The summed E-state index contributed by atoms with van der Waals surface area (Å²) in [6.45, 7) is 6.25. The molecule has 2 rings (SSSR count). The van der Waals surface area contributed by atoms with Gasteiger partial charge in [-0.05, 0) is 32.0 Å². The molecule has 23 heavy (non-hydrogen) atoms. The number of hydrogen-bond acceptors (Lipinski definition) is 6. The lowest BCUT2D eigenvalue weighted by atomic mass is 10.2. The first-order chi connectivity index (χ1) is 11.2. The summed E-state index contributed by atoms with van der Waals surface area (Å²) in [6, 6.07) is 7.54. The van der Waals surface area contributed by atoms with Gasteiger partial charge in [-0.15, -0.1) is 11.8 Å². The molecular formula is C16H22N4O2S. The number of carbonyl (C=O) groups excluding carboxylic acids is 1. The fourth-order valence-corrected chi connectivity index (χ4v) is 2.87. The summed E-state index contributed by atoms with van der Waals surface area (Å²) in [4.78, 5) is 17.4. The van der Waals surface area contributed by atoms with E-state index in [1.54, 1.807) is 6.92 Å². The van der Waals surface area contributed by atoms with Crippen LogP contribution in [0.5, 0.6) is 0 Å². The predicted molar refractivity (Wildman–Crippen MR) is 90.5 cm³/mol. The van der Waals surface area contributed by atoms with E-state index in [0.29, 0.717) is 29.6 Å². The number of nitrogens with zero attached hydrogens (tertiary/aromatic N) is 2. The minimum Gasteiger partial charge on any atom is -0.351 e. The summed E-state index contributed by atoms with van der Waals surface area (Å²) in [6.07, 6.45) is 1.09. The first-order valence-electron chi connectivity index (χ1n) is 7.70. The number of aromatic nitrogens is 2. The van der Waals surface area contributed by atoms with E-state index in [1.165, 1.54) is 11.8 Å². The number of rotatable bonds is 9. The lowest BCUT2D eigenvalue weighted by Gasteiger charge is -2.09. The standard InChI is InChI=1S/C16H22N4O2S/c1-3-8-17-9-10-18-16(21)13-6-4-5-7-14(13)23-11-15-19-12(2)20-22-15/h4-7,17H,3,8-11H2,1-2H3,(H,18,21). The van der Waals surface area contributed by atoms with E-state index < -0.39 is 0 Å². The monoisotopic (exact) mass is 334 g/mol. The van der Waals surface area contributed by atoms with E-state index in [9.17, 15) is 4.79 Å². The number of thioether (sulfide) groups is 1. The predicted octanol–water partition coefficient (Wildman–Crippen LogP) is 2.40. The molecule has 7 heteroatoms. The largest absolute Gasteiger partial charge is 0.351 e. The third-order valence-corrected chi connectivity index (χ3v) is 4.12. The highest BCUT2D eigenvalue weighted by atomic mass is 32.2. The van der Waals surface area contributed by atoms with Crippen LogP contribution in [0.2, 0.25) is 0 Å². The Morgan fingerprint density at radius 3 is 2.83 bits per heavy atom. The van der Waals surface area contributed by atoms with Crippen molar-refractivity contribution in [2.75, 3.05) is 19.6 Å². The molecule has 0 saturated carbocycles. The highest BCUT2D eigenvalue weighted by Gasteiger charge is 2.12. The Balaban J connectivity index is 1.89. The molecule has 2 N–H and O–H groups in total. The Morgan fingerprint density at radius 2 is 2.09 bits per heavy atom. The molecule has 0 aliphatic carbocycles. The van der Waals surface area contributed by atoms with Gasteiger partial charge in [-0.1, -0.05) is 24.2 Å². The normalized spacial score (nSPS) is 10.7. The zero-order chi connectivity index (χ0) is 16.5. The maximum absolute atomic E-state index is 12.3. The van der Waals surface area contributed by atoms with E-state index in [4.69, 9.17) is 4.52 Å². The van der Waals surface area contributed by atoms with Crippen LogP contribution in [0.25, 0.3) is 0 Å². The van der Waals surface area contributed by atoms with Gasteiger partial charge in [-0.25, -0.2) is 0 Å². The average molecular weight is 334 g/mol. The maximum Gasteiger partial charge on any atom is 0.252 e. The highest BCUT2D eigenvalue weighted by Crippen LogP contribution is 2.25. The summed E-state index contributed by atoms with van der Waals surface area (Å²) >= 11 is 1.52. The average Bonchev–Trinajstić information content (AvgIpc) is 2.98. The molecule has 0 unspecified atom stereocenters. The molecular weight excluding hydrogens is 312 g/mol. The van der Waals surface area contributed by atoms with Gasteiger partial charge in [0.15, 0.2) is 5.82 Å². The molecule has 124 valence electrons. The number of nitrogens with one attached hydrogen (secondary N) is 2. The molecule has 0 aliphatic heterocycles. The topological polar surface area (TPSA) is 80.0 Å². The summed E-state index contributed by atoms with van der Waals surface area (Å²) in [7, 11) is 0. The van der Waals surface area contributed by atoms with Gasteiger partial charge in [-0.2, -0.15) is 4.98 Å². The van der Waals surface area contributed by atoms with Gasteiger partial charge in [0.2, 0.25) is 5.89 Å². The van der Waals surface area contributed by atoms with Crippen LogP contribution in [0.15, 0.2) is 33.7 Å². The first-order valence-corrected chi connectivity index (χ1v) is 8.69. The molecule has 1 aromatic carbocycles. The minimum atomic E-state index is -0.0619. The van der Waals surface area contributed by atoms with E-state index in [-0.39, 0.29) is 5.91 Å². The quantitative estimate of drug-likeness (QED) is 0.541. The van der Waals surface area contributed by atoms with Gasteiger partial charge in [-0.3, -0.25) is 4.79 Å².